The largest absolute Gasteiger partial charge is 0.466 e. The molecule has 0 aliphatic heterocycles. The number of aliphatic hydroxyl groups is 1. The first kappa shape index (κ1) is 20.6. The third-order valence-electron chi connectivity index (χ3n) is 4.58. The van der Waals surface area contributed by atoms with Crippen molar-refractivity contribution in [3.63, 3.8) is 0 Å². The smallest absolute Gasteiger partial charge is 0.317 e. The number of hydrogen-bond donors (Lipinski definition) is 1. The Morgan fingerprint density at radius 2 is 1.85 bits per heavy atom. The van der Waals surface area contributed by atoms with E-state index in [0.29, 0.717) is 5.56 Å². The van der Waals surface area contributed by atoms with Gasteiger partial charge in [-0.05, 0) is 38.5 Å². The third-order valence-corrected chi connectivity index (χ3v) is 5.08. The molecule has 1 saturated carbocycles. The van der Waals surface area contributed by atoms with Gasteiger partial charge in [-0.25, -0.2) is 0 Å². The van der Waals surface area contributed by atoms with Crippen LogP contribution in [0.4, 0.5) is 0 Å². The van der Waals surface area contributed by atoms with Crippen molar-refractivity contribution in [1.82, 2.24) is 0 Å². The number of ketones is 1. The summed E-state index contributed by atoms with van der Waals surface area (Å²) < 4.78 is 11.0. The Bertz CT molecular complexity index is 699. The number of carbonyl (C=O) groups excluding carboxylic acids is 3. The lowest BCUT2D eigenvalue weighted by molar-refractivity contribution is -0.172. The van der Waals surface area contributed by atoms with E-state index < -0.39 is 41.1 Å². The molecule has 1 aromatic rings. The second-order valence-electron chi connectivity index (χ2n) is 6.54. The lowest BCUT2D eigenvalue weighted by Crippen LogP contribution is -2.55. The maximum absolute atomic E-state index is 12.7. The topological polar surface area (TPSA) is 89.9 Å². The maximum Gasteiger partial charge on any atom is 0.317 e. The van der Waals surface area contributed by atoms with Gasteiger partial charge in [-0.3, -0.25) is 14.4 Å². The first-order chi connectivity index (χ1) is 12.2. The number of rotatable bonds is 5. The van der Waals surface area contributed by atoms with Crippen molar-refractivity contribution in [2.24, 2.45) is 11.8 Å². The van der Waals surface area contributed by atoms with E-state index in [0.717, 1.165) is 4.47 Å². The first-order valence-electron chi connectivity index (χ1n) is 8.56. The standard InChI is InChI=1S/C19H23BrO6/c1-4-25-17(22)15-13(21)10-19(3,24)16(18(23)26-5-2)14(15)11-7-6-8-12(20)9-11/h6-9,14-16,24H,4-5,10H2,1-3H3. The molecule has 0 aromatic heterocycles. The van der Waals surface area contributed by atoms with Gasteiger partial charge in [0.15, 0.2) is 5.78 Å². The minimum absolute atomic E-state index is 0.119. The summed E-state index contributed by atoms with van der Waals surface area (Å²) in [6.45, 7) is 5.00. The molecule has 26 heavy (non-hydrogen) atoms. The van der Waals surface area contributed by atoms with E-state index in [1.807, 2.05) is 0 Å². The fourth-order valence-electron chi connectivity index (χ4n) is 3.59. The highest BCUT2D eigenvalue weighted by Crippen LogP contribution is 2.47. The van der Waals surface area contributed by atoms with Crippen LogP contribution in [-0.2, 0) is 23.9 Å². The summed E-state index contributed by atoms with van der Waals surface area (Å²) in [7, 11) is 0. The maximum atomic E-state index is 12.7. The minimum Gasteiger partial charge on any atom is -0.466 e. The van der Waals surface area contributed by atoms with E-state index >= 15 is 0 Å². The molecule has 4 unspecified atom stereocenters. The summed E-state index contributed by atoms with van der Waals surface area (Å²) in [5, 5.41) is 10.8. The molecule has 2 rings (SSSR count). The molecule has 142 valence electrons. The summed E-state index contributed by atoms with van der Waals surface area (Å²) >= 11 is 3.37. The summed E-state index contributed by atoms with van der Waals surface area (Å²) in [5.41, 5.74) is -1.04. The molecule has 4 atom stereocenters. The summed E-state index contributed by atoms with van der Waals surface area (Å²) in [6, 6.07) is 7.00. The first-order valence-corrected chi connectivity index (χ1v) is 9.36. The van der Waals surface area contributed by atoms with Crippen molar-refractivity contribution in [3.8, 4) is 0 Å². The molecular weight excluding hydrogens is 404 g/mol. The van der Waals surface area contributed by atoms with E-state index in [2.05, 4.69) is 15.9 Å². The van der Waals surface area contributed by atoms with Gasteiger partial charge in [0, 0.05) is 16.8 Å². The van der Waals surface area contributed by atoms with Crippen molar-refractivity contribution in [2.45, 2.75) is 38.7 Å². The zero-order valence-electron chi connectivity index (χ0n) is 15.0. The second kappa shape index (κ2) is 8.31. The van der Waals surface area contributed by atoms with Crippen LogP contribution in [0.2, 0.25) is 0 Å². The summed E-state index contributed by atoms with van der Waals surface area (Å²) in [4.78, 5) is 37.9. The predicted octanol–water partition coefficient (Wildman–Crippen LogP) is 2.62. The molecule has 0 amide bonds. The van der Waals surface area contributed by atoms with E-state index in [1.165, 1.54) is 6.92 Å². The molecule has 0 spiro atoms. The normalized spacial score (nSPS) is 28.5. The summed E-state index contributed by atoms with van der Waals surface area (Å²) in [6.07, 6.45) is -0.315. The van der Waals surface area contributed by atoms with Gasteiger partial charge in [-0.2, -0.15) is 0 Å². The monoisotopic (exact) mass is 426 g/mol. The van der Waals surface area contributed by atoms with Gasteiger partial charge in [-0.15, -0.1) is 0 Å². The molecule has 6 nitrogen and oxygen atoms in total. The number of Topliss-reactive ketones (excluding diaryl/α,β-unsaturated/α-hetero) is 1. The molecule has 0 heterocycles. The summed E-state index contributed by atoms with van der Waals surface area (Å²) in [5.74, 6) is -4.87. The van der Waals surface area contributed by atoms with Crippen LogP contribution < -0.4 is 0 Å². The molecule has 1 N–H and O–H groups in total. The Morgan fingerprint density at radius 3 is 2.42 bits per heavy atom. The predicted molar refractivity (Wildman–Crippen MR) is 97.4 cm³/mol. The average Bonchev–Trinajstić information content (AvgIpc) is 2.53. The minimum atomic E-state index is -1.63. The fourth-order valence-corrected chi connectivity index (χ4v) is 4.01. The number of ether oxygens (including phenoxy) is 2. The van der Waals surface area contributed by atoms with Crippen molar-refractivity contribution >= 4 is 33.7 Å². The zero-order valence-corrected chi connectivity index (χ0v) is 16.6. The highest BCUT2D eigenvalue weighted by Gasteiger charge is 2.57. The Kier molecular flexibility index (Phi) is 6.58. The lowest BCUT2D eigenvalue weighted by atomic mass is 9.62. The molecule has 0 bridgehead atoms. The molecule has 1 fully saturated rings. The number of benzene rings is 1. The fraction of sp³-hybridized carbons (Fsp3) is 0.526. The Hall–Kier alpha value is -1.73. The number of halogens is 1. The van der Waals surface area contributed by atoms with E-state index in [1.54, 1.807) is 38.1 Å². The van der Waals surface area contributed by atoms with Crippen LogP contribution in [0.1, 0.15) is 38.7 Å². The van der Waals surface area contributed by atoms with E-state index in [4.69, 9.17) is 9.47 Å². The van der Waals surface area contributed by atoms with Crippen LogP contribution in [-0.4, -0.2) is 41.6 Å². The number of hydrogen-bond acceptors (Lipinski definition) is 6. The van der Waals surface area contributed by atoms with Gasteiger partial charge in [0.1, 0.15) is 5.92 Å². The van der Waals surface area contributed by atoms with Gasteiger partial charge in [-0.1, -0.05) is 28.1 Å². The molecular formula is C19H23BrO6. The highest BCUT2D eigenvalue weighted by atomic mass is 79.9. The van der Waals surface area contributed by atoms with Crippen LogP contribution >= 0.6 is 15.9 Å². The van der Waals surface area contributed by atoms with E-state index in [-0.39, 0.29) is 19.6 Å². The molecule has 1 aliphatic rings. The van der Waals surface area contributed by atoms with Crippen LogP contribution in [0.3, 0.4) is 0 Å². The molecule has 7 heteroatoms. The molecule has 1 aliphatic carbocycles. The van der Waals surface area contributed by atoms with Crippen molar-refractivity contribution in [3.05, 3.63) is 34.3 Å². The lowest BCUT2D eigenvalue weighted by Gasteiger charge is -2.43. The van der Waals surface area contributed by atoms with Crippen molar-refractivity contribution < 1.29 is 29.0 Å². The van der Waals surface area contributed by atoms with Crippen LogP contribution in [0.5, 0.6) is 0 Å². The van der Waals surface area contributed by atoms with Gasteiger partial charge >= 0.3 is 11.9 Å². The quantitative estimate of drug-likeness (QED) is 0.574. The van der Waals surface area contributed by atoms with Gasteiger partial charge < -0.3 is 14.6 Å². The highest BCUT2D eigenvalue weighted by molar-refractivity contribution is 9.10. The average molecular weight is 427 g/mol. The zero-order chi connectivity index (χ0) is 19.5. The van der Waals surface area contributed by atoms with E-state index in [9.17, 15) is 19.5 Å². The van der Waals surface area contributed by atoms with Crippen molar-refractivity contribution in [2.75, 3.05) is 13.2 Å². The molecule has 0 saturated heterocycles. The van der Waals surface area contributed by atoms with Crippen molar-refractivity contribution in [1.29, 1.82) is 0 Å². The molecule has 0 radical (unpaired) electrons. The van der Waals surface area contributed by atoms with Crippen LogP contribution in [0.15, 0.2) is 28.7 Å². The number of esters is 2. The Balaban J connectivity index is 2.61. The van der Waals surface area contributed by atoms with Crippen LogP contribution in [0, 0.1) is 11.8 Å². The molecule has 1 aromatic carbocycles. The SMILES string of the molecule is CCOC(=O)C1C(=O)CC(C)(O)C(C(=O)OCC)C1c1cccc(Br)c1. The Labute approximate surface area is 161 Å². The van der Waals surface area contributed by atoms with Crippen LogP contribution in [0.25, 0.3) is 0 Å². The van der Waals surface area contributed by atoms with Gasteiger partial charge in [0.05, 0.1) is 24.7 Å². The second-order valence-corrected chi connectivity index (χ2v) is 7.46. The van der Waals surface area contributed by atoms with Gasteiger partial charge in [0.25, 0.3) is 0 Å². The number of carbonyl (C=O) groups is 3. The third kappa shape index (κ3) is 4.15. The Morgan fingerprint density at radius 1 is 1.23 bits per heavy atom. The van der Waals surface area contributed by atoms with Gasteiger partial charge in [0.2, 0.25) is 0 Å².